The molecule has 378 valence electrons. The van der Waals surface area contributed by atoms with Crippen LogP contribution in [0.25, 0.3) is 6.08 Å². The van der Waals surface area contributed by atoms with Gasteiger partial charge in [0, 0.05) is 87.2 Å². The van der Waals surface area contributed by atoms with Gasteiger partial charge in [0.2, 0.25) is 29.2 Å². The molecule has 5 rings (SSSR count). The summed E-state index contributed by atoms with van der Waals surface area (Å²) in [6, 6.07) is 8.51. The molecule has 0 spiro atoms. The summed E-state index contributed by atoms with van der Waals surface area (Å²) in [5, 5.41) is 8.47. The first-order valence-electron chi connectivity index (χ1n) is 23.2. The van der Waals surface area contributed by atoms with Crippen LogP contribution >= 0.6 is 0 Å². The molecule has 1 fully saturated rings. The van der Waals surface area contributed by atoms with Gasteiger partial charge < -0.3 is 45.7 Å². The average Bonchev–Trinajstić information content (AvgIpc) is 3.49. The summed E-state index contributed by atoms with van der Waals surface area (Å²) in [6.07, 6.45) is 5.45. The smallest absolute Gasteiger partial charge is 0.407 e. The molecule has 2 aromatic carbocycles. The van der Waals surface area contributed by atoms with Crippen LogP contribution in [0.2, 0.25) is 0 Å². The average molecular weight is 981 g/mol. The Kier molecular flexibility index (Phi) is 19.8. The van der Waals surface area contributed by atoms with Crippen LogP contribution in [0, 0.1) is 29.2 Å². The highest BCUT2D eigenvalue weighted by atomic mass is 19.2. The second-order valence-corrected chi connectivity index (χ2v) is 17.7. The van der Waals surface area contributed by atoms with Gasteiger partial charge in [-0.1, -0.05) is 13.0 Å². The molecule has 1 aromatic heterocycles. The first kappa shape index (κ1) is 54.0. The van der Waals surface area contributed by atoms with Gasteiger partial charge in [0.25, 0.3) is 5.91 Å². The van der Waals surface area contributed by atoms with E-state index in [2.05, 4.69) is 35.6 Å². The summed E-state index contributed by atoms with van der Waals surface area (Å²) in [6.45, 7) is 9.74. The van der Waals surface area contributed by atoms with Crippen molar-refractivity contribution in [2.24, 2.45) is 16.6 Å². The Balaban J connectivity index is 0.993. The zero-order valence-electron chi connectivity index (χ0n) is 39.8. The predicted octanol–water partition coefficient (Wildman–Crippen LogP) is 6.90. The van der Waals surface area contributed by atoms with Gasteiger partial charge in [-0.25, -0.2) is 23.6 Å². The molecule has 3 aromatic rings. The lowest BCUT2D eigenvalue weighted by atomic mass is 9.96. The van der Waals surface area contributed by atoms with Crippen LogP contribution in [0.15, 0.2) is 53.2 Å². The number of carbonyl (C=O) groups excluding carboxylic acids is 6. The number of hydrogen-bond acceptors (Lipinski definition) is 13. The van der Waals surface area contributed by atoms with E-state index in [1.54, 1.807) is 68.3 Å². The Hall–Kier alpha value is -6.90. The second kappa shape index (κ2) is 25.6. The topological polar surface area (TPSA) is 224 Å². The Morgan fingerprint density at radius 2 is 1.57 bits per heavy atom. The Bertz CT molecular complexity index is 2410. The highest BCUT2D eigenvalue weighted by Gasteiger charge is 2.27. The van der Waals surface area contributed by atoms with Crippen molar-refractivity contribution in [1.29, 1.82) is 0 Å². The quantitative estimate of drug-likeness (QED) is 0.0265. The number of amides is 4. The van der Waals surface area contributed by atoms with E-state index < -0.39 is 59.0 Å². The number of benzene rings is 2. The zero-order chi connectivity index (χ0) is 51.0. The third-order valence-electron chi connectivity index (χ3n) is 11.0. The standard InChI is InChI=1S/C49H60F4N8O9/c1-5-19-61(20-7-18-56-48(67)70-49(2,3)4)47(66)33-25-31-9-10-32(26-38(31)59-39(54)27-33)46(65)58-34-11-12-40(57-29-34)60-21-13-30(14-22-60)45(64)55-17-6-8-35(62)15-23-68-24-16-41(63)69-44-42(52)36(50)28-37(51)43(44)53/h9-12,25-26,28-30H,5-8,13-24,27H2,1-4H3,(H2,54,59)(H,55,64)(H,56,67)(H,58,65). The SMILES string of the molecule is CCCN(CCCNC(=O)OC(C)(C)C)C(=O)C1=Cc2ccc(C(=O)Nc3ccc(N4CCC(C(=O)NCCCC(=O)CCOCCC(=O)Oc5c(F)c(F)cc(F)c5F)CC4)nc3)cc2N=C(N)C1. The third kappa shape index (κ3) is 16.4. The number of aliphatic imine (C=N–C) groups is 1. The maximum Gasteiger partial charge on any atom is 0.407 e. The Morgan fingerprint density at radius 1 is 0.871 bits per heavy atom. The molecule has 2 aliphatic heterocycles. The molecule has 0 unspecified atom stereocenters. The molecule has 3 heterocycles. The van der Waals surface area contributed by atoms with Gasteiger partial charge in [0.1, 0.15) is 23.0 Å². The number of rotatable bonds is 22. The molecule has 0 saturated carbocycles. The number of pyridine rings is 1. The molecule has 21 heteroatoms. The first-order valence-corrected chi connectivity index (χ1v) is 23.2. The maximum absolute atomic E-state index is 13.7. The number of anilines is 2. The van der Waals surface area contributed by atoms with Gasteiger partial charge in [-0.3, -0.25) is 24.0 Å². The van der Waals surface area contributed by atoms with Gasteiger partial charge in [-0.15, -0.1) is 0 Å². The first-order chi connectivity index (χ1) is 33.3. The molecular weight excluding hydrogens is 921 g/mol. The molecule has 17 nitrogen and oxygen atoms in total. The number of ether oxygens (including phenoxy) is 3. The number of Topliss-reactive ketones (excluding diaryl/α,β-unsaturated/α-hetero) is 1. The van der Waals surface area contributed by atoms with Gasteiger partial charge in [0.05, 0.1) is 37.2 Å². The summed E-state index contributed by atoms with van der Waals surface area (Å²) in [7, 11) is 0. The number of esters is 1. The maximum atomic E-state index is 13.7. The number of fused-ring (bicyclic) bond motifs is 1. The molecular formula is C49H60F4N8O9. The predicted molar refractivity (Wildman–Crippen MR) is 252 cm³/mol. The number of amidine groups is 1. The van der Waals surface area contributed by atoms with Crippen LogP contribution in [0.1, 0.15) is 101 Å². The molecule has 4 amide bonds. The van der Waals surface area contributed by atoms with Crippen LogP contribution in [0.5, 0.6) is 5.75 Å². The minimum atomic E-state index is -1.84. The summed E-state index contributed by atoms with van der Waals surface area (Å²) in [5.74, 6) is -9.91. The number of ketones is 1. The molecule has 0 bridgehead atoms. The van der Waals surface area contributed by atoms with Crippen molar-refractivity contribution in [2.45, 2.75) is 91.1 Å². The van der Waals surface area contributed by atoms with Crippen LogP contribution < -0.4 is 31.3 Å². The van der Waals surface area contributed by atoms with Crippen molar-refractivity contribution in [3.8, 4) is 5.75 Å². The van der Waals surface area contributed by atoms with Gasteiger partial charge >= 0.3 is 12.1 Å². The number of hydrogen-bond donors (Lipinski definition) is 4. The van der Waals surface area contributed by atoms with Gasteiger partial charge in [0.15, 0.2) is 11.6 Å². The summed E-state index contributed by atoms with van der Waals surface area (Å²) in [4.78, 5) is 88.9. The third-order valence-corrected chi connectivity index (χ3v) is 11.0. The number of aromatic nitrogens is 1. The normalized spacial score (nSPS) is 13.8. The fourth-order valence-electron chi connectivity index (χ4n) is 7.47. The number of nitrogens with one attached hydrogen (secondary N) is 3. The number of alkyl carbamates (subject to hydrolysis) is 1. The van der Waals surface area contributed by atoms with Crippen molar-refractivity contribution >= 4 is 64.7 Å². The minimum Gasteiger partial charge on any atom is -0.444 e. The van der Waals surface area contributed by atoms with Crippen molar-refractivity contribution in [1.82, 2.24) is 20.5 Å². The lowest BCUT2D eigenvalue weighted by Gasteiger charge is -2.32. The van der Waals surface area contributed by atoms with Crippen molar-refractivity contribution in [3.05, 3.63) is 82.6 Å². The van der Waals surface area contributed by atoms with E-state index in [9.17, 15) is 46.3 Å². The van der Waals surface area contributed by atoms with E-state index in [4.69, 9.17) is 15.2 Å². The lowest BCUT2D eigenvalue weighted by molar-refractivity contribution is -0.136. The molecule has 1 saturated heterocycles. The number of carbonyl (C=O) groups is 6. The molecule has 0 atom stereocenters. The molecule has 5 N–H and O–H groups in total. The van der Waals surface area contributed by atoms with Gasteiger partial charge in [-0.2, -0.15) is 8.78 Å². The summed E-state index contributed by atoms with van der Waals surface area (Å²) in [5.41, 5.74) is 8.01. The van der Waals surface area contributed by atoms with E-state index >= 15 is 0 Å². The number of nitrogens with two attached hydrogens (primary N) is 1. The van der Waals surface area contributed by atoms with Crippen LogP contribution in [-0.2, 0) is 28.7 Å². The van der Waals surface area contributed by atoms with E-state index in [-0.39, 0.29) is 67.9 Å². The van der Waals surface area contributed by atoms with E-state index in [0.717, 1.165) is 6.42 Å². The number of halogens is 4. The largest absolute Gasteiger partial charge is 0.444 e. The summed E-state index contributed by atoms with van der Waals surface area (Å²) < 4.78 is 68.9. The minimum absolute atomic E-state index is 0.00783. The monoisotopic (exact) mass is 980 g/mol. The van der Waals surface area contributed by atoms with E-state index in [1.807, 2.05) is 6.92 Å². The Labute approximate surface area is 403 Å². The highest BCUT2D eigenvalue weighted by molar-refractivity contribution is 6.08. The lowest BCUT2D eigenvalue weighted by Crippen LogP contribution is -2.41. The van der Waals surface area contributed by atoms with E-state index in [0.29, 0.717) is 98.8 Å². The molecule has 70 heavy (non-hydrogen) atoms. The summed E-state index contributed by atoms with van der Waals surface area (Å²) >= 11 is 0. The van der Waals surface area contributed by atoms with Crippen LogP contribution in [0.4, 0.5) is 39.5 Å². The van der Waals surface area contributed by atoms with Gasteiger partial charge in [-0.05, 0) is 83.2 Å². The number of piperidine rings is 1. The number of nitrogens with zero attached hydrogens (tertiary/aromatic N) is 4. The zero-order valence-corrected chi connectivity index (χ0v) is 39.8. The molecule has 0 radical (unpaired) electrons. The fraction of sp³-hybridized carbons (Fsp3) is 0.469. The highest BCUT2D eigenvalue weighted by Crippen LogP contribution is 2.30. The van der Waals surface area contributed by atoms with E-state index in [1.165, 1.54) is 0 Å². The second-order valence-electron chi connectivity index (χ2n) is 17.7. The molecule has 0 aliphatic carbocycles. The van der Waals surface area contributed by atoms with Crippen molar-refractivity contribution in [2.75, 3.05) is 62.7 Å². The van der Waals surface area contributed by atoms with Crippen molar-refractivity contribution < 1.29 is 60.5 Å². The van der Waals surface area contributed by atoms with Crippen LogP contribution in [-0.4, -0.2) is 109 Å². The molecule has 2 aliphatic rings. The fourth-order valence-corrected chi connectivity index (χ4v) is 7.47. The van der Waals surface area contributed by atoms with Crippen molar-refractivity contribution in [3.63, 3.8) is 0 Å². The van der Waals surface area contributed by atoms with Crippen LogP contribution in [0.3, 0.4) is 0 Å². The Morgan fingerprint density at radius 3 is 2.24 bits per heavy atom.